The van der Waals surface area contributed by atoms with Gasteiger partial charge in [-0.1, -0.05) is 11.6 Å². The van der Waals surface area contributed by atoms with Crippen molar-refractivity contribution in [1.82, 2.24) is 9.97 Å². The number of fused-ring (bicyclic) bond motifs is 1. The fraction of sp³-hybridized carbons (Fsp3) is 0. The third-order valence-electron chi connectivity index (χ3n) is 2.71. The van der Waals surface area contributed by atoms with Crippen LogP contribution in [0.4, 0.5) is 17.1 Å². The van der Waals surface area contributed by atoms with Gasteiger partial charge in [-0.25, -0.2) is 4.98 Å². The number of halogens is 1. The van der Waals surface area contributed by atoms with Crippen LogP contribution in [0.15, 0.2) is 42.7 Å². The van der Waals surface area contributed by atoms with Crippen molar-refractivity contribution in [2.24, 2.45) is 0 Å². The second kappa shape index (κ2) is 4.23. The molecule has 0 aliphatic heterocycles. The number of anilines is 3. The maximum atomic E-state index is 5.89. The SMILES string of the molecule is Nc1cc(Cl)ccc1Nc1ccc2nc[nH]c2c1. The summed E-state index contributed by atoms with van der Waals surface area (Å²) in [5.41, 5.74) is 10.2. The average molecular weight is 259 g/mol. The van der Waals surface area contributed by atoms with E-state index in [1.165, 1.54) is 0 Å². The van der Waals surface area contributed by atoms with Crippen LogP contribution in [0, 0.1) is 0 Å². The summed E-state index contributed by atoms with van der Waals surface area (Å²) < 4.78 is 0. The van der Waals surface area contributed by atoms with Crippen molar-refractivity contribution in [2.45, 2.75) is 0 Å². The minimum Gasteiger partial charge on any atom is -0.397 e. The minimum atomic E-state index is 0.618. The smallest absolute Gasteiger partial charge is 0.0931 e. The number of hydrogen-bond donors (Lipinski definition) is 3. The number of benzene rings is 2. The van der Waals surface area contributed by atoms with Gasteiger partial charge in [-0.05, 0) is 36.4 Å². The van der Waals surface area contributed by atoms with Crippen LogP contribution in [0.1, 0.15) is 0 Å². The topological polar surface area (TPSA) is 66.7 Å². The first-order chi connectivity index (χ1) is 8.72. The van der Waals surface area contributed by atoms with E-state index in [0.717, 1.165) is 22.4 Å². The molecule has 90 valence electrons. The molecule has 4 N–H and O–H groups in total. The van der Waals surface area contributed by atoms with E-state index in [9.17, 15) is 0 Å². The molecule has 4 nitrogen and oxygen atoms in total. The van der Waals surface area contributed by atoms with Crippen molar-refractivity contribution in [1.29, 1.82) is 0 Å². The zero-order valence-corrected chi connectivity index (χ0v) is 10.2. The summed E-state index contributed by atoms with van der Waals surface area (Å²) in [6.45, 7) is 0. The molecule has 18 heavy (non-hydrogen) atoms. The number of nitrogens with zero attached hydrogens (tertiary/aromatic N) is 1. The van der Waals surface area contributed by atoms with E-state index in [0.29, 0.717) is 10.7 Å². The largest absolute Gasteiger partial charge is 0.397 e. The summed E-state index contributed by atoms with van der Waals surface area (Å²) in [5.74, 6) is 0. The molecule has 3 rings (SSSR count). The van der Waals surface area contributed by atoms with Gasteiger partial charge in [-0.3, -0.25) is 0 Å². The van der Waals surface area contributed by atoms with Gasteiger partial charge < -0.3 is 16.0 Å². The standard InChI is InChI=1S/C13H11ClN4/c14-8-1-3-11(10(15)5-8)18-9-2-4-12-13(6-9)17-7-16-12/h1-7,18H,15H2,(H,16,17). The van der Waals surface area contributed by atoms with Crippen LogP contribution in [-0.4, -0.2) is 9.97 Å². The Morgan fingerprint density at radius 2 is 2.06 bits per heavy atom. The number of nitrogens with one attached hydrogen (secondary N) is 2. The van der Waals surface area contributed by atoms with E-state index < -0.39 is 0 Å². The number of aromatic amines is 1. The minimum absolute atomic E-state index is 0.618. The van der Waals surface area contributed by atoms with Crippen molar-refractivity contribution in [3.05, 3.63) is 47.7 Å². The highest BCUT2D eigenvalue weighted by Gasteiger charge is 2.02. The van der Waals surface area contributed by atoms with Crippen LogP contribution < -0.4 is 11.1 Å². The van der Waals surface area contributed by atoms with Crippen LogP contribution >= 0.6 is 11.6 Å². The third-order valence-corrected chi connectivity index (χ3v) is 2.95. The molecular formula is C13H11ClN4. The van der Waals surface area contributed by atoms with E-state index in [4.69, 9.17) is 17.3 Å². The number of rotatable bonds is 2. The van der Waals surface area contributed by atoms with Gasteiger partial charge in [0.1, 0.15) is 0 Å². The number of aromatic nitrogens is 2. The van der Waals surface area contributed by atoms with Gasteiger partial charge in [0.05, 0.1) is 28.7 Å². The summed E-state index contributed by atoms with van der Waals surface area (Å²) in [4.78, 5) is 7.24. The van der Waals surface area contributed by atoms with Crippen molar-refractivity contribution in [3.8, 4) is 0 Å². The Bertz CT molecular complexity index is 705. The van der Waals surface area contributed by atoms with E-state index in [1.807, 2.05) is 24.3 Å². The Kier molecular flexibility index (Phi) is 2.57. The summed E-state index contributed by atoms with van der Waals surface area (Å²) in [6, 6.07) is 11.3. The molecule has 0 saturated heterocycles. The Balaban J connectivity index is 1.95. The highest BCUT2D eigenvalue weighted by molar-refractivity contribution is 6.31. The molecule has 0 aliphatic carbocycles. The highest BCUT2D eigenvalue weighted by atomic mass is 35.5. The van der Waals surface area contributed by atoms with Crippen LogP contribution in [0.2, 0.25) is 5.02 Å². The van der Waals surface area contributed by atoms with E-state index in [1.54, 1.807) is 18.5 Å². The molecule has 0 radical (unpaired) electrons. The van der Waals surface area contributed by atoms with Crippen LogP contribution in [-0.2, 0) is 0 Å². The van der Waals surface area contributed by atoms with Crippen LogP contribution in [0.5, 0.6) is 0 Å². The van der Waals surface area contributed by atoms with Gasteiger partial charge in [-0.2, -0.15) is 0 Å². The molecule has 1 heterocycles. The molecule has 0 saturated carbocycles. The number of nitrogen functional groups attached to an aromatic ring is 1. The van der Waals surface area contributed by atoms with Crippen molar-refractivity contribution in [2.75, 3.05) is 11.1 Å². The Morgan fingerprint density at radius 1 is 1.17 bits per heavy atom. The summed E-state index contributed by atoms with van der Waals surface area (Å²) in [7, 11) is 0. The molecular weight excluding hydrogens is 248 g/mol. The summed E-state index contributed by atoms with van der Waals surface area (Å²) in [6.07, 6.45) is 1.67. The van der Waals surface area contributed by atoms with Gasteiger partial charge >= 0.3 is 0 Å². The summed E-state index contributed by atoms with van der Waals surface area (Å²) in [5, 5.41) is 3.88. The molecule has 5 heteroatoms. The lowest BCUT2D eigenvalue weighted by molar-refractivity contribution is 1.34. The maximum absolute atomic E-state index is 5.89. The Hall–Kier alpha value is -2.20. The van der Waals surface area contributed by atoms with Gasteiger partial charge in [-0.15, -0.1) is 0 Å². The van der Waals surface area contributed by atoms with Crippen LogP contribution in [0.25, 0.3) is 11.0 Å². The first kappa shape index (κ1) is 10.9. The van der Waals surface area contributed by atoms with Gasteiger partial charge in [0.15, 0.2) is 0 Å². The highest BCUT2D eigenvalue weighted by Crippen LogP contribution is 2.27. The van der Waals surface area contributed by atoms with Crippen molar-refractivity contribution in [3.63, 3.8) is 0 Å². The second-order valence-electron chi connectivity index (χ2n) is 3.99. The van der Waals surface area contributed by atoms with E-state index >= 15 is 0 Å². The second-order valence-corrected chi connectivity index (χ2v) is 4.43. The molecule has 2 aromatic carbocycles. The zero-order valence-electron chi connectivity index (χ0n) is 9.44. The van der Waals surface area contributed by atoms with Gasteiger partial charge in [0, 0.05) is 10.7 Å². The number of hydrogen-bond acceptors (Lipinski definition) is 3. The van der Waals surface area contributed by atoms with E-state index in [2.05, 4.69) is 15.3 Å². The fourth-order valence-electron chi connectivity index (χ4n) is 1.82. The third kappa shape index (κ3) is 1.98. The molecule has 0 bridgehead atoms. The Labute approximate surface area is 109 Å². The average Bonchev–Trinajstić information content (AvgIpc) is 2.80. The predicted octanol–water partition coefficient (Wildman–Crippen LogP) is 3.54. The first-order valence-electron chi connectivity index (χ1n) is 5.47. The van der Waals surface area contributed by atoms with Gasteiger partial charge in [0.2, 0.25) is 0 Å². The first-order valence-corrected chi connectivity index (χ1v) is 5.85. The molecule has 0 aliphatic rings. The molecule has 0 fully saturated rings. The molecule has 1 aromatic heterocycles. The molecule has 0 spiro atoms. The van der Waals surface area contributed by atoms with Crippen molar-refractivity contribution >= 4 is 39.7 Å². The number of imidazole rings is 1. The Morgan fingerprint density at radius 3 is 2.89 bits per heavy atom. The molecule has 3 aromatic rings. The number of H-pyrrole nitrogens is 1. The molecule has 0 amide bonds. The van der Waals surface area contributed by atoms with Crippen molar-refractivity contribution < 1.29 is 0 Å². The monoisotopic (exact) mass is 258 g/mol. The fourth-order valence-corrected chi connectivity index (χ4v) is 2.00. The van der Waals surface area contributed by atoms with Crippen LogP contribution in [0.3, 0.4) is 0 Å². The summed E-state index contributed by atoms with van der Waals surface area (Å²) >= 11 is 5.86. The normalized spacial score (nSPS) is 10.7. The predicted molar refractivity (Wildman–Crippen MR) is 75.2 cm³/mol. The maximum Gasteiger partial charge on any atom is 0.0931 e. The molecule has 0 atom stereocenters. The zero-order chi connectivity index (χ0) is 12.5. The lowest BCUT2D eigenvalue weighted by Crippen LogP contribution is -1.95. The lowest BCUT2D eigenvalue weighted by Gasteiger charge is -2.09. The quantitative estimate of drug-likeness (QED) is 0.616. The number of nitrogens with two attached hydrogens (primary N) is 1. The lowest BCUT2D eigenvalue weighted by atomic mass is 10.2. The van der Waals surface area contributed by atoms with E-state index in [-0.39, 0.29) is 0 Å². The van der Waals surface area contributed by atoms with Gasteiger partial charge in [0.25, 0.3) is 0 Å². The molecule has 0 unspecified atom stereocenters.